The average Bonchev–Trinajstić information content (AvgIpc) is 2.30. The lowest BCUT2D eigenvalue weighted by Crippen LogP contribution is -2.25. The minimum absolute atomic E-state index is 0.272. The van der Waals surface area contributed by atoms with Crippen LogP contribution in [0.2, 0.25) is 0 Å². The molecule has 3 rings (SSSR count). The average molecular weight is 214 g/mol. The summed E-state index contributed by atoms with van der Waals surface area (Å²) in [7, 11) is 0. The van der Waals surface area contributed by atoms with Crippen molar-refractivity contribution in [3.05, 3.63) is 47.0 Å². The van der Waals surface area contributed by atoms with Gasteiger partial charge in [0.2, 0.25) is 0 Å². The van der Waals surface area contributed by atoms with Crippen LogP contribution in [0.4, 0.5) is 0 Å². The van der Waals surface area contributed by atoms with Crippen molar-refractivity contribution in [1.82, 2.24) is 0 Å². The van der Waals surface area contributed by atoms with Crippen LogP contribution in [-0.4, -0.2) is 6.61 Å². The van der Waals surface area contributed by atoms with Crippen molar-refractivity contribution < 1.29 is 4.74 Å². The molecule has 0 bridgehead atoms. The summed E-state index contributed by atoms with van der Waals surface area (Å²) in [6, 6.07) is 10.6. The van der Waals surface area contributed by atoms with E-state index >= 15 is 0 Å². The van der Waals surface area contributed by atoms with E-state index in [1.54, 1.807) is 11.1 Å². The Hall–Kier alpha value is -1.08. The van der Waals surface area contributed by atoms with Crippen LogP contribution in [0.15, 0.2) is 41.5 Å². The summed E-state index contributed by atoms with van der Waals surface area (Å²) < 4.78 is 5.72. The largest absolute Gasteiger partial charge is 0.365 e. The standard InChI is InChI=1S/C15H18O/c1-3-7-12(8-4-1)14-11-16-15(14)13-9-5-2-6-10-13/h2,5-6,9-10,15H,1,3-4,7-8,11H2/t15-/m0/s1. The van der Waals surface area contributed by atoms with E-state index in [4.69, 9.17) is 4.74 Å². The Kier molecular flexibility index (Phi) is 2.79. The molecule has 0 N–H and O–H groups in total. The Morgan fingerprint density at radius 3 is 2.31 bits per heavy atom. The summed E-state index contributed by atoms with van der Waals surface area (Å²) in [5, 5.41) is 0. The Morgan fingerprint density at radius 2 is 1.69 bits per heavy atom. The van der Waals surface area contributed by atoms with E-state index in [1.807, 2.05) is 0 Å². The van der Waals surface area contributed by atoms with Crippen LogP contribution in [0.3, 0.4) is 0 Å². The minimum atomic E-state index is 0.272. The molecule has 1 heterocycles. The van der Waals surface area contributed by atoms with E-state index in [2.05, 4.69) is 30.3 Å². The second-order valence-electron chi connectivity index (χ2n) is 4.79. The van der Waals surface area contributed by atoms with E-state index in [0.29, 0.717) is 0 Å². The molecule has 1 aliphatic carbocycles. The summed E-state index contributed by atoms with van der Waals surface area (Å²) >= 11 is 0. The Bertz CT molecular complexity index is 383. The van der Waals surface area contributed by atoms with Gasteiger partial charge in [-0.3, -0.25) is 0 Å². The zero-order chi connectivity index (χ0) is 10.8. The van der Waals surface area contributed by atoms with Crippen molar-refractivity contribution >= 4 is 0 Å². The van der Waals surface area contributed by atoms with Crippen LogP contribution >= 0.6 is 0 Å². The van der Waals surface area contributed by atoms with Crippen LogP contribution < -0.4 is 0 Å². The molecule has 1 atom stereocenters. The van der Waals surface area contributed by atoms with Gasteiger partial charge in [0.25, 0.3) is 0 Å². The van der Waals surface area contributed by atoms with Crippen molar-refractivity contribution in [1.29, 1.82) is 0 Å². The molecule has 0 spiro atoms. The highest BCUT2D eigenvalue weighted by Crippen LogP contribution is 2.40. The van der Waals surface area contributed by atoms with Crippen LogP contribution in [-0.2, 0) is 4.74 Å². The van der Waals surface area contributed by atoms with Gasteiger partial charge < -0.3 is 4.74 Å². The lowest BCUT2D eigenvalue weighted by atomic mass is 9.85. The number of rotatable bonds is 1. The van der Waals surface area contributed by atoms with Crippen molar-refractivity contribution in [2.75, 3.05) is 6.61 Å². The summed E-state index contributed by atoms with van der Waals surface area (Å²) in [6.45, 7) is 0.870. The predicted octanol–water partition coefficient (Wildman–Crippen LogP) is 4.02. The first-order chi connectivity index (χ1) is 7.95. The van der Waals surface area contributed by atoms with Gasteiger partial charge in [0.1, 0.15) is 6.10 Å². The van der Waals surface area contributed by atoms with Gasteiger partial charge in [0.15, 0.2) is 0 Å². The molecule has 1 nitrogen and oxygen atoms in total. The highest BCUT2D eigenvalue weighted by molar-refractivity contribution is 5.34. The molecule has 1 aliphatic heterocycles. The number of allylic oxidation sites excluding steroid dienone is 1. The van der Waals surface area contributed by atoms with Crippen molar-refractivity contribution in [2.24, 2.45) is 0 Å². The van der Waals surface area contributed by atoms with E-state index in [1.165, 1.54) is 37.7 Å². The molecule has 0 unspecified atom stereocenters. The van der Waals surface area contributed by atoms with Gasteiger partial charge in [0.05, 0.1) is 6.61 Å². The first-order valence-electron chi connectivity index (χ1n) is 6.32. The highest BCUT2D eigenvalue weighted by Gasteiger charge is 2.29. The van der Waals surface area contributed by atoms with Crippen molar-refractivity contribution in [3.8, 4) is 0 Å². The molecule has 2 aliphatic rings. The molecule has 1 saturated heterocycles. The SMILES string of the molecule is c1ccc([C@@H]2OCC2=C2CCCCC2)cc1. The van der Waals surface area contributed by atoms with E-state index in [9.17, 15) is 0 Å². The fraction of sp³-hybridized carbons (Fsp3) is 0.467. The minimum Gasteiger partial charge on any atom is -0.365 e. The third-order valence-electron chi connectivity index (χ3n) is 3.74. The number of ether oxygens (including phenoxy) is 1. The normalized spacial score (nSPS) is 25.4. The van der Waals surface area contributed by atoms with Crippen LogP contribution in [0.5, 0.6) is 0 Å². The highest BCUT2D eigenvalue weighted by atomic mass is 16.5. The molecule has 0 aromatic heterocycles. The Morgan fingerprint density at radius 1 is 0.938 bits per heavy atom. The number of hydrogen-bond acceptors (Lipinski definition) is 1. The molecule has 0 amide bonds. The quantitative estimate of drug-likeness (QED) is 0.642. The maximum Gasteiger partial charge on any atom is 0.106 e. The van der Waals surface area contributed by atoms with Gasteiger partial charge in [-0.2, -0.15) is 0 Å². The third-order valence-corrected chi connectivity index (χ3v) is 3.74. The summed E-state index contributed by atoms with van der Waals surface area (Å²) in [5.74, 6) is 0. The van der Waals surface area contributed by atoms with E-state index in [-0.39, 0.29) is 6.10 Å². The molecular weight excluding hydrogens is 196 g/mol. The molecule has 2 fully saturated rings. The van der Waals surface area contributed by atoms with Crippen LogP contribution in [0.1, 0.15) is 43.8 Å². The van der Waals surface area contributed by atoms with Crippen molar-refractivity contribution in [2.45, 2.75) is 38.2 Å². The van der Waals surface area contributed by atoms with Crippen LogP contribution in [0, 0.1) is 0 Å². The fourth-order valence-electron chi connectivity index (χ4n) is 2.76. The lowest BCUT2D eigenvalue weighted by Gasteiger charge is -2.34. The Labute approximate surface area is 97.1 Å². The molecule has 16 heavy (non-hydrogen) atoms. The molecule has 1 saturated carbocycles. The van der Waals surface area contributed by atoms with E-state index in [0.717, 1.165) is 6.61 Å². The molecule has 1 aromatic carbocycles. The van der Waals surface area contributed by atoms with Gasteiger partial charge >= 0.3 is 0 Å². The first-order valence-corrected chi connectivity index (χ1v) is 6.32. The maximum absolute atomic E-state index is 5.72. The molecule has 84 valence electrons. The zero-order valence-electron chi connectivity index (χ0n) is 9.61. The smallest absolute Gasteiger partial charge is 0.106 e. The van der Waals surface area contributed by atoms with Crippen molar-refractivity contribution in [3.63, 3.8) is 0 Å². The van der Waals surface area contributed by atoms with Gasteiger partial charge in [-0.05, 0) is 36.8 Å². The topological polar surface area (TPSA) is 9.23 Å². The monoisotopic (exact) mass is 214 g/mol. The summed E-state index contributed by atoms with van der Waals surface area (Å²) in [6.07, 6.45) is 7.05. The molecule has 1 aromatic rings. The number of benzene rings is 1. The number of hydrogen-bond donors (Lipinski definition) is 0. The first kappa shape index (κ1) is 10.1. The fourth-order valence-corrected chi connectivity index (χ4v) is 2.76. The van der Waals surface area contributed by atoms with Gasteiger partial charge in [-0.25, -0.2) is 0 Å². The third kappa shape index (κ3) is 1.80. The second-order valence-corrected chi connectivity index (χ2v) is 4.79. The van der Waals surface area contributed by atoms with Gasteiger partial charge in [-0.1, -0.05) is 42.3 Å². The van der Waals surface area contributed by atoms with Gasteiger partial charge in [-0.15, -0.1) is 0 Å². The summed E-state index contributed by atoms with van der Waals surface area (Å²) in [5.41, 5.74) is 4.58. The second kappa shape index (κ2) is 4.42. The zero-order valence-corrected chi connectivity index (χ0v) is 9.61. The summed E-state index contributed by atoms with van der Waals surface area (Å²) in [4.78, 5) is 0. The molecular formula is C15H18O. The molecule has 1 heteroatoms. The van der Waals surface area contributed by atoms with E-state index < -0.39 is 0 Å². The van der Waals surface area contributed by atoms with Crippen LogP contribution in [0.25, 0.3) is 0 Å². The Balaban J connectivity index is 1.83. The molecule has 0 radical (unpaired) electrons. The maximum atomic E-state index is 5.72. The lowest BCUT2D eigenvalue weighted by molar-refractivity contribution is 0.0120. The predicted molar refractivity (Wildman–Crippen MR) is 65.2 cm³/mol. The van der Waals surface area contributed by atoms with Gasteiger partial charge in [0, 0.05) is 0 Å².